The highest BCUT2D eigenvalue weighted by Gasteiger charge is 2.18. The number of rotatable bonds is 7. The Balaban J connectivity index is 1.51. The van der Waals surface area contributed by atoms with E-state index in [1.807, 2.05) is 22.1 Å². The van der Waals surface area contributed by atoms with E-state index in [0.717, 1.165) is 28.6 Å². The molecule has 0 N–H and O–H groups in total. The highest BCUT2D eigenvalue weighted by molar-refractivity contribution is 7.98. The highest BCUT2D eigenvalue weighted by Crippen LogP contribution is 2.32. The molecule has 0 radical (unpaired) electrons. The van der Waals surface area contributed by atoms with Gasteiger partial charge in [-0.1, -0.05) is 48.5 Å². The van der Waals surface area contributed by atoms with Gasteiger partial charge in [0.25, 0.3) is 0 Å². The summed E-state index contributed by atoms with van der Waals surface area (Å²) in [7, 11) is 0. The van der Waals surface area contributed by atoms with E-state index in [1.54, 1.807) is 29.9 Å². The summed E-state index contributed by atoms with van der Waals surface area (Å²) in [4.78, 5) is 18.8. The van der Waals surface area contributed by atoms with Gasteiger partial charge in [0.05, 0.1) is 17.1 Å². The van der Waals surface area contributed by atoms with Crippen molar-refractivity contribution in [2.24, 2.45) is 0 Å². The maximum atomic E-state index is 12.4. The number of hydrogen-bond acceptors (Lipinski definition) is 6. The first-order valence-corrected chi connectivity index (χ1v) is 12.3. The number of nitrogens with zero attached hydrogens (tertiary/aromatic N) is 5. The van der Waals surface area contributed by atoms with Crippen LogP contribution < -0.4 is 4.90 Å². The molecule has 4 rings (SSSR count). The second-order valence-corrected chi connectivity index (χ2v) is 9.34. The fraction of sp³-hybridized carbons (Fsp3) is 0.250. The minimum Gasteiger partial charge on any atom is -0.276 e. The third-order valence-electron chi connectivity index (χ3n) is 5.13. The summed E-state index contributed by atoms with van der Waals surface area (Å²) in [6.07, 6.45) is 2.70. The van der Waals surface area contributed by atoms with Gasteiger partial charge in [0, 0.05) is 18.1 Å². The lowest BCUT2D eigenvalue weighted by Gasteiger charge is -2.18. The third-order valence-corrected chi connectivity index (χ3v) is 6.98. The number of hydrogen-bond donors (Lipinski definition) is 0. The van der Waals surface area contributed by atoms with Gasteiger partial charge in [-0.2, -0.15) is 0 Å². The number of benzene rings is 2. The molecule has 0 saturated heterocycles. The molecule has 0 bridgehead atoms. The lowest BCUT2D eigenvalue weighted by atomic mass is 10.1. The lowest BCUT2D eigenvalue weighted by molar-refractivity contribution is -0.115. The van der Waals surface area contributed by atoms with E-state index in [0.29, 0.717) is 10.9 Å². The van der Waals surface area contributed by atoms with Gasteiger partial charge in [-0.15, -0.1) is 21.5 Å². The van der Waals surface area contributed by atoms with Crippen LogP contribution in [0, 0.1) is 13.8 Å². The largest absolute Gasteiger partial charge is 0.276 e. The SMILES string of the molecule is CCc1ccc(N(C(C)=O)c2nc(CSc3nncn3-c3ccc(C)cc3C)cs2)cc1. The maximum Gasteiger partial charge on any atom is 0.230 e. The van der Waals surface area contributed by atoms with Crippen molar-refractivity contribution < 1.29 is 4.79 Å². The van der Waals surface area contributed by atoms with Crippen molar-refractivity contribution in [2.45, 2.75) is 45.0 Å². The zero-order valence-electron chi connectivity index (χ0n) is 18.6. The smallest absolute Gasteiger partial charge is 0.230 e. The Morgan fingerprint density at radius 3 is 2.62 bits per heavy atom. The molecule has 0 saturated carbocycles. The van der Waals surface area contributed by atoms with Crippen molar-refractivity contribution in [2.75, 3.05) is 4.90 Å². The van der Waals surface area contributed by atoms with Gasteiger partial charge in [-0.3, -0.25) is 14.3 Å². The van der Waals surface area contributed by atoms with Crippen LogP contribution in [-0.4, -0.2) is 25.7 Å². The summed E-state index contributed by atoms with van der Waals surface area (Å²) in [5, 5.41) is 11.9. The topological polar surface area (TPSA) is 63.9 Å². The highest BCUT2D eigenvalue weighted by atomic mass is 32.2. The Hall–Kier alpha value is -2.97. The summed E-state index contributed by atoms with van der Waals surface area (Å²) >= 11 is 3.05. The summed E-state index contributed by atoms with van der Waals surface area (Å²) in [5.41, 5.74) is 6.44. The molecule has 32 heavy (non-hydrogen) atoms. The van der Waals surface area contributed by atoms with Crippen molar-refractivity contribution in [1.29, 1.82) is 0 Å². The molecular weight excluding hydrogens is 438 g/mol. The van der Waals surface area contributed by atoms with E-state index in [-0.39, 0.29) is 5.91 Å². The van der Waals surface area contributed by atoms with E-state index in [4.69, 9.17) is 4.98 Å². The predicted molar refractivity (Wildman–Crippen MR) is 131 cm³/mol. The monoisotopic (exact) mass is 463 g/mol. The van der Waals surface area contributed by atoms with Crippen LogP contribution in [0.25, 0.3) is 5.69 Å². The van der Waals surface area contributed by atoms with E-state index in [9.17, 15) is 4.79 Å². The van der Waals surface area contributed by atoms with Crippen LogP contribution in [0.5, 0.6) is 0 Å². The van der Waals surface area contributed by atoms with E-state index in [1.165, 1.54) is 28.0 Å². The van der Waals surface area contributed by atoms with Crippen molar-refractivity contribution in [3.8, 4) is 5.69 Å². The summed E-state index contributed by atoms with van der Waals surface area (Å²) in [6.45, 7) is 7.85. The molecular formula is C24H25N5OS2. The first kappa shape index (κ1) is 22.2. The molecule has 0 unspecified atom stereocenters. The number of carbonyl (C=O) groups is 1. The molecule has 0 aliphatic heterocycles. The van der Waals surface area contributed by atoms with Gasteiger partial charge in [0.2, 0.25) is 5.91 Å². The number of thiazole rings is 1. The molecule has 2 aromatic carbocycles. The molecule has 4 aromatic rings. The van der Waals surface area contributed by atoms with Crippen molar-refractivity contribution in [3.63, 3.8) is 0 Å². The van der Waals surface area contributed by atoms with E-state index in [2.05, 4.69) is 61.3 Å². The number of aryl methyl sites for hydroxylation is 3. The molecule has 6 nitrogen and oxygen atoms in total. The fourth-order valence-corrected chi connectivity index (χ4v) is 5.28. The standard InChI is InChI=1S/C24H25N5OS2/c1-5-19-7-9-21(10-8-19)29(18(4)30)23-26-20(13-31-23)14-32-24-27-25-15-28(24)22-11-6-16(2)12-17(22)3/h6-13,15H,5,14H2,1-4H3. The molecule has 1 amide bonds. The van der Waals surface area contributed by atoms with Crippen LogP contribution in [-0.2, 0) is 17.0 Å². The lowest BCUT2D eigenvalue weighted by Crippen LogP contribution is -2.22. The molecule has 2 aromatic heterocycles. The average molecular weight is 464 g/mol. The van der Waals surface area contributed by atoms with Gasteiger partial charge >= 0.3 is 0 Å². The summed E-state index contributed by atoms with van der Waals surface area (Å²) in [5.74, 6) is 0.582. The minimum atomic E-state index is -0.0580. The first-order valence-electron chi connectivity index (χ1n) is 10.4. The normalized spacial score (nSPS) is 11.0. The third kappa shape index (κ3) is 4.76. The van der Waals surface area contributed by atoms with Gasteiger partial charge < -0.3 is 0 Å². The van der Waals surface area contributed by atoms with Crippen LogP contribution in [0.4, 0.5) is 10.8 Å². The Kier molecular flexibility index (Phi) is 6.72. The Morgan fingerprint density at radius 1 is 1.16 bits per heavy atom. The number of anilines is 2. The number of thioether (sulfide) groups is 1. The Bertz CT molecular complexity index is 1230. The van der Waals surface area contributed by atoms with Crippen LogP contribution in [0.1, 0.15) is 36.2 Å². The van der Waals surface area contributed by atoms with Gasteiger partial charge in [0.1, 0.15) is 6.33 Å². The molecule has 0 spiro atoms. The molecule has 0 fully saturated rings. The summed E-state index contributed by atoms with van der Waals surface area (Å²) in [6, 6.07) is 14.4. The van der Waals surface area contributed by atoms with E-state index >= 15 is 0 Å². The number of aromatic nitrogens is 4. The molecule has 0 aliphatic carbocycles. The molecule has 0 atom stereocenters. The molecule has 0 aliphatic rings. The zero-order valence-corrected chi connectivity index (χ0v) is 20.2. The van der Waals surface area contributed by atoms with Crippen LogP contribution in [0.2, 0.25) is 0 Å². The fourth-order valence-electron chi connectivity index (χ4n) is 3.48. The van der Waals surface area contributed by atoms with Crippen molar-refractivity contribution in [1.82, 2.24) is 19.7 Å². The maximum absolute atomic E-state index is 12.4. The van der Waals surface area contributed by atoms with Gasteiger partial charge in [-0.05, 0) is 49.6 Å². The van der Waals surface area contributed by atoms with Crippen molar-refractivity contribution in [3.05, 3.63) is 76.6 Å². The molecule has 2 heterocycles. The average Bonchev–Trinajstić information content (AvgIpc) is 3.42. The molecule has 8 heteroatoms. The van der Waals surface area contributed by atoms with Crippen LogP contribution in [0.3, 0.4) is 0 Å². The molecule has 164 valence electrons. The van der Waals surface area contributed by atoms with Gasteiger partial charge in [0.15, 0.2) is 10.3 Å². The van der Waals surface area contributed by atoms with Crippen LogP contribution >= 0.6 is 23.1 Å². The van der Waals surface area contributed by atoms with E-state index < -0.39 is 0 Å². The minimum absolute atomic E-state index is 0.0580. The number of amides is 1. The van der Waals surface area contributed by atoms with Crippen molar-refractivity contribution >= 4 is 39.8 Å². The second kappa shape index (κ2) is 9.67. The van der Waals surface area contributed by atoms with Crippen LogP contribution in [0.15, 0.2) is 59.3 Å². The Morgan fingerprint density at radius 2 is 1.94 bits per heavy atom. The van der Waals surface area contributed by atoms with Gasteiger partial charge in [-0.25, -0.2) is 4.98 Å². The second-order valence-electron chi connectivity index (χ2n) is 7.56. The number of carbonyl (C=O) groups excluding carboxylic acids is 1. The predicted octanol–water partition coefficient (Wildman–Crippen LogP) is 5.88. The zero-order chi connectivity index (χ0) is 22.7. The quantitative estimate of drug-likeness (QED) is 0.320. The summed E-state index contributed by atoms with van der Waals surface area (Å²) < 4.78 is 2.00. The first-order chi connectivity index (χ1) is 15.5. The Labute approximate surface area is 196 Å².